The number of hydrogen-bond donors (Lipinski definition) is 2. The van der Waals surface area contributed by atoms with Crippen molar-refractivity contribution in [2.75, 3.05) is 12.4 Å². The Hall–Kier alpha value is -1.95. The van der Waals surface area contributed by atoms with Gasteiger partial charge >= 0.3 is 5.97 Å². The van der Waals surface area contributed by atoms with Crippen LogP contribution in [0.1, 0.15) is 30.6 Å². The van der Waals surface area contributed by atoms with Crippen molar-refractivity contribution in [1.82, 2.24) is 0 Å². The lowest BCUT2D eigenvalue weighted by Crippen LogP contribution is -2.37. The summed E-state index contributed by atoms with van der Waals surface area (Å²) in [6.45, 7) is 3.90. The van der Waals surface area contributed by atoms with E-state index in [0.717, 1.165) is 12.1 Å². The van der Waals surface area contributed by atoms with E-state index in [2.05, 4.69) is 10.1 Å². The number of benzene rings is 1. The first kappa shape index (κ1) is 16.1. The summed E-state index contributed by atoms with van der Waals surface area (Å²) in [4.78, 5) is 23.5. The molecule has 0 heterocycles. The summed E-state index contributed by atoms with van der Waals surface area (Å²) in [7, 11) is 1.18. The van der Waals surface area contributed by atoms with Crippen LogP contribution in [0.5, 0.6) is 0 Å². The van der Waals surface area contributed by atoms with Crippen LogP contribution in [0.25, 0.3) is 0 Å². The zero-order valence-electron chi connectivity index (χ0n) is 11.8. The van der Waals surface area contributed by atoms with E-state index in [0.29, 0.717) is 6.42 Å². The maximum Gasteiger partial charge on any atom is 0.340 e. The van der Waals surface area contributed by atoms with Crippen LogP contribution in [-0.2, 0) is 9.53 Å². The van der Waals surface area contributed by atoms with E-state index >= 15 is 0 Å². The van der Waals surface area contributed by atoms with Crippen molar-refractivity contribution in [2.24, 2.45) is 11.7 Å². The number of anilines is 1. The van der Waals surface area contributed by atoms with Crippen molar-refractivity contribution in [2.45, 2.75) is 26.3 Å². The van der Waals surface area contributed by atoms with E-state index in [1.807, 2.05) is 13.8 Å². The minimum atomic E-state index is -0.725. The molecule has 0 aliphatic rings. The maximum absolute atomic E-state index is 13.2. The van der Waals surface area contributed by atoms with Crippen LogP contribution < -0.4 is 11.1 Å². The van der Waals surface area contributed by atoms with Crippen molar-refractivity contribution in [3.8, 4) is 0 Å². The highest BCUT2D eigenvalue weighted by molar-refractivity contribution is 6.02. The molecule has 0 bridgehead atoms. The van der Waals surface area contributed by atoms with Gasteiger partial charge in [-0.05, 0) is 30.5 Å². The van der Waals surface area contributed by atoms with Crippen LogP contribution in [0.4, 0.5) is 10.1 Å². The number of amides is 1. The van der Waals surface area contributed by atoms with E-state index in [9.17, 15) is 14.0 Å². The van der Waals surface area contributed by atoms with Crippen molar-refractivity contribution in [3.05, 3.63) is 29.6 Å². The Balaban J connectivity index is 2.92. The van der Waals surface area contributed by atoms with E-state index in [4.69, 9.17) is 5.73 Å². The molecular formula is C14H19FN2O3. The molecule has 1 amide bonds. The van der Waals surface area contributed by atoms with Gasteiger partial charge < -0.3 is 15.8 Å². The SMILES string of the molecule is COC(=O)c1cc(F)ccc1NC(=O)[C@H](N)CC(C)C. The Labute approximate surface area is 117 Å². The van der Waals surface area contributed by atoms with Gasteiger partial charge in [-0.1, -0.05) is 13.8 Å². The molecule has 1 aromatic carbocycles. The molecule has 1 atom stereocenters. The molecule has 20 heavy (non-hydrogen) atoms. The molecule has 0 saturated carbocycles. The highest BCUT2D eigenvalue weighted by Gasteiger charge is 2.19. The van der Waals surface area contributed by atoms with Gasteiger partial charge in [0.25, 0.3) is 0 Å². The molecular weight excluding hydrogens is 263 g/mol. The fourth-order valence-corrected chi connectivity index (χ4v) is 1.74. The van der Waals surface area contributed by atoms with Crippen LogP contribution in [0.15, 0.2) is 18.2 Å². The van der Waals surface area contributed by atoms with Crippen LogP contribution in [0.3, 0.4) is 0 Å². The van der Waals surface area contributed by atoms with Crippen LogP contribution in [0.2, 0.25) is 0 Å². The molecule has 6 heteroatoms. The molecule has 0 aliphatic carbocycles. The smallest absolute Gasteiger partial charge is 0.340 e. The van der Waals surface area contributed by atoms with E-state index in [1.54, 1.807) is 0 Å². The Morgan fingerprint density at radius 3 is 2.60 bits per heavy atom. The first-order valence-corrected chi connectivity index (χ1v) is 6.29. The fraction of sp³-hybridized carbons (Fsp3) is 0.429. The van der Waals surface area contributed by atoms with Gasteiger partial charge in [-0.2, -0.15) is 0 Å². The summed E-state index contributed by atoms with van der Waals surface area (Å²) in [6, 6.07) is 2.78. The topological polar surface area (TPSA) is 81.4 Å². The normalized spacial score (nSPS) is 12.1. The number of hydrogen-bond acceptors (Lipinski definition) is 4. The lowest BCUT2D eigenvalue weighted by atomic mass is 10.0. The molecule has 110 valence electrons. The van der Waals surface area contributed by atoms with E-state index in [1.165, 1.54) is 13.2 Å². The second-order valence-electron chi connectivity index (χ2n) is 4.91. The number of nitrogens with one attached hydrogen (secondary N) is 1. The number of nitrogens with two attached hydrogens (primary N) is 1. The fourth-order valence-electron chi connectivity index (χ4n) is 1.74. The molecule has 3 N–H and O–H groups in total. The monoisotopic (exact) mass is 282 g/mol. The molecule has 0 fully saturated rings. The number of carbonyl (C=O) groups excluding carboxylic acids is 2. The zero-order valence-corrected chi connectivity index (χ0v) is 11.8. The lowest BCUT2D eigenvalue weighted by Gasteiger charge is -2.15. The minimum Gasteiger partial charge on any atom is -0.465 e. The summed E-state index contributed by atoms with van der Waals surface area (Å²) in [5.74, 6) is -1.47. The molecule has 5 nitrogen and oxygen atoms in total. The average Bonchev–Trinajstić information content (AvgIpc) is 2.38. The number of esters is 1. The Morgan fingerprint density at radius 1 is 1.40 bits per heavy atom. The van der Waals surface area contributed by atoms with Crippen LogP contribution in [-0.4, -0.2) is 25.0 Å². The van der Waals surface area contributed by atoms with Gasteiger partial charge in [-0.15, -0.1) is 0 Å². The number of rotatable bonds is 5. The predicted octanol–water partition coefficient (Wildman–Crippen LogP) is 1.92. The molecule has 0 radical (unpaired) electrons. The standard InChI is InChI=1S/C14H19FN2O3/c1-8(2)6-11(16)13(18)17-12-5-4-9(15)7-10(12)14(19)20-3/h4-5,7-8,11H,6,16H2,1-3H3,(H,17,18)/t11-/m1/s1. The molecule has 0 aromatic heterocycles. The molecule has 0 saturated heterocycles. The van der Waals surface area contributed by atoms with Gasteiger partial charge in [-0.25, -0.2) is 9.18 Å². The van der Waals surface area contributed by atoms with Gasteiger partial charge in [0.2, 0.25) is 5.91 Å². The largest absolute Gasteiger partial charge is 0.465 e. The average molecular weight is 282 g/mol. The lowest BCUT2D eigenvalue weighted by molar-refractivity contribution is -0.117. The second-order valence-corrected chi connectivity index (χ2v) is 4.91. The number of ether oxygens (including phenoxy) is 1. The van der Waals surface area contributed by atoms with Gasteiger partial charge in [0.1, 0.15) is 5.82 Å². The summed E-state index contributed by atoms with van der Waals surface area (Å²) in [5.41, 5.74) is 5.89. The molecule has 1 rings (SSSR count). The highest BCUT2D eigenvalue weighted by Crippen LogP contribution is 2.18. The first-order valence-electron chi connectivity index (χ1n) is 6.29. The molecule has 0 aliphatic heterocycles. The van der Waals surface area contributed by atoms with Gasteiger partial charge in [0.05, 0.1) is 24.4 Å². The summed E-state index contributed by atoms with van der Waals surface area (Å²) < 4.78 is 17.7. The van der Waals surface area contributed by atoms with Gasteiger partial charge in [0.15, 0.2) is 0 Å². The third-order valence-electron chi connectivity index (χ3n) is 2.71. The second kappa shape index (κ2) is 7.00. The Bertz CT molecular complexity index is 503. The van der Waals surface area contributed by atoms with Crippen LogP contribution >= 0.6 is 0 Å². The minimum absolute atomic E-state index is 0.0439. The Morgan fingerprint density at radius 2 is 2.05 bits per heavy atom. The quantitative estimate of drug-likeness (QED) is 0.808. The number of halogens is 1. The predicted molar refractivity (Wildman–Crippen MR) is 73.8 cm³/mol. The van der Waals surface area contributed by atoms with Crippen molar-refractivity contribution in [1.29, 1.82) is 0 Å². The maximum atomic E-state index is 13.2. The van der Waals surface area contributed by atoms with Crippen molar-refractivity contribution in [3.63, 3.8) is 0 Å². The van der Waals surface area contributed by atoms with Crippen molar-refractivity contribution >= 4 is 17.6 Å². The molecule has 0 unspecified atom stereocenters. The molecule has 1 aromatic rings. The number of carbonyl (C=O) groups is 2. The third kappa shape index (κ3) is 4.31. The van der Waals surface area contributed by atoms with Gasteiger partial charge in [0, 0.05) is 0 Å². The van der Waals surface area contributed by atoms with E-state index in [-0.39, 0.29) is 17.2 Å². The van der Waals surface area contributed by atoms with Crippen molar-refractivity contribution < 1.29 is 18.7 Å². The highest BCUT2D eigenvalue weighted by atomic mass is 19.1. The summed E-state index contributed by atoms with van der Waals surface area (Å²) >= 11 is 0. The first-order chi connectivity index (χ1) is 9.35. The third-order valence-corrected chi connectivity index (χ3v) is 2.71. The Kier molecular flexibility index (Phi) is 5.64. The molecule has 0 spiro atoms. The number of methoxy groups -OCH3 is 1. The summed E-state index contributed by atoms with van der Waals surface area (Å²) in [5, 5.41) is 2.53. The zero-order chi connectivity index (χ0) is 15.3. The summed E-state index contributed by atoms with van der Waals surface area (Å²) in [6.07, 6.45) is 0.514. The van der Waals surface area contributed by atoms with E-state index < -0.39 is 23.7 Å². The van der Waals surface area contributed by atoms with Crippen LogP contribution in [0, 0.1) is 11.7 Å². The van der Waals surface area contributed by atoms with Gasteiger partial charge in [-0.3, -0.25) is 4.79 Å².